The fourth-order valence-electron chi connectivity index (χ4n) is 4.33. The molecule has 1 aliphatic heterocycles. The Morgan fingerprint density at radius 3 is 2.56 bits per heavy atom. The van der Waals surface area contributed by atoms with Crippen LogP contribution in [0.3, 0.4) is 0 Å². The highest BCUT2D eigenvalue weighted by Crippen LogP contribution is 2.29. The minimum Gasteiger partial charge on any atom is -0.490 e. The molecule has 2 amide bonds. The van der Waals surface area contributed by atoms with Crippen molar-refractivity contribution in [3.8, 4) is 5.75 Å². The van der Waals surface area contributed by atoms with E-state index in [0.29, 0.717) is 19.4 Å². The van der Waals surface area contributed by atoms with E-state index in [-0.39, 0.29) is 48.7 Å². The molecule has 41 heavy (non-hydrogen) atoms. The summed E-state index contributed by atoms with van der Waals surface area (Å²) in [7, 11) is -2.03. The third-order valence-corrected chi connectivity index (χ3v) is 8.26. The first-order valence-electron chi connectivity index (χ1n) is 13.6. The van der Waals surface area contributed by atoms with Crippen LogP contribution in [0, 0.1) is 5.92 Å². The van der Waals surface area contributed by atoms with Crippen LogP contribution < -0.4 is 10.1 Å². The molecule has 0 saturated carbocycles. The van der Waals surface area contributed by atoms with Crippen molar-refractivity contribution in [3.63, 3.8) is 0 Å². The number of nitrogens with one attached hydrogen (secondary N) is 1. The molecule has 0 fully saturated rings. The van der Waals surface area contributed by atoms with Crippen LogP contribution in [0.4, 0.5) is 18.9 Å². The monoisotopic (exact) mass is 609 g/mol. The molecule has 14 heteroatoms. The molecule has 2 rings (SSSR count). The Balaban J connectivity index is 2.46. The molecule has 4 atom stereocenters. The van der Waals surface area contributed by atoms with Crippen LogP contribution in [0.5, 0.6) is 5.75 Å². The Morgan fingerprint density at radius 1 is 1.27 bits per heavy atom. The van der Waals surface area contributed by atoms with Gasteiger partial charge in [-0.3, -0.25) is 9.59 Å². The largest absolute Gasteiger partial charge is 0.490 e. The molecule has 0 radical (unpaired) electrons. The van der Waals surface area contributed by atoms with Crippen molar-refractivity contribution >= 4 is 27.5 Å². The number of likely N-dealkylation sites (N-methyl/N-ethyl adjacent to an activating group) is 1. The zero-order valence-corrected chi connectivity index (χ0v) is 25.1. The lowest BCUT2D eigenvalue weighted by Crippen LogP contribution is -2.47. The van der Waals surface area contributed by atoms with E-state index in [9.17, 15) is 36.3 Å². The predicted octanol–water partition coefficient (Wildman–Crippen LogP) is 3.65. The van der Waals surface area contributed by atoms with Crippen molar-refractivity contribution in [2.24, 2.45) is 5.92 Å². The van der Waals surface area contributed by atoms with Gasteiger partial charge in [0.1, 0.15) is 5.75 Å². The minimum absolute atomic E-state index is 0.0692. The van der Waals surface area contributed by atoms with Crippen molar-refractivity contribution in [2.75, 3.05) is 44.9 Å². The van der Waals surface area contributed by atoms with Crippen molar-refractivity contribution < 1.29 is 45.8 Å². The number of carbonyl (C=O) groups is 2. The molecule has 0 bridgehead atoms. The third kappa shape index (κ3) is 11.4. The zero-order valence-electron chi connectivity index (χ0n) is 24.2. The van der Waals surface area contributed by atoms with Gasteiger partial charge in [0.25, 0.3) is 5.91 Å². The van der Waals surface area contributed by atoms with Gasteiger partial charge in [-0.05, 0) is 51.3 Å². The highest BCUT2D eigenvalue weighted by atomic mass is 32.2. The summed E-state index contributed by atoms with van der Waals surface area (Å²) in [6.07, 6.45) is -4.20. The van der Waals surface area contributed by atoms with E-state index in [0.717, 1.165) is 12.7 Å². The number of rotatable bonds is 8. The highest BCUT2D eigenvalue weighted by Gasteiger charge is 2.32. The maximum absolute atomic E-state index is 14.0. The first-order valence-corrected chi connectivity index (χ1v) is 15.5. The molecule has 0 spiro atoms. The number of aliphatic hydroxyl groups is 1. The topological polar surface area (TPSA) is 125 Å². The van der Waals surface area contributed by atoms with Gasteiger partial charge in [-0.2, -0.15) is 13.2 Å². The number of sulfonamides is 1. The maximum Gasteiger partial charge on any atom is 0.389 e. The fraction of sp³-hybridized carbons (Fsp3) is 0.704. The van der Waals surface area contributed by atoms with Crippen molar-refractivity contribution in [1.29, 1.82) is 0 Å². The quantitative estimate of drug-likeness (QED) is 0.461. The molecule has 1 aromatic carbocycles. The van der Waals surface area contributed by atoms with E-state index in [4.69, 9.17) is 9.47 Å². The number of benzene rings is 1. The average molecular weight is 610 g/mol. The summed E-state index contributed by atoms with van der Waals surface area (Å²) in [6.45, 7) is 5.50. The van der Waals surface area contributed by atoms with Crippen molar-refractivity contribution in [2.45, 2.75) is 77.3 Å². The molecular formula is C27H42F3N3O7S. The number of amides is 2. The summed E-state index contributed by atoms with van der Waals surface area (Å²) in [5, 5.41) is 12.4. The SMILES string of the molecule is C[C@H](CO)N1C[C@H](C)[C@H](CN(C)S(C)(=O)=O)OCCCC[C@H](C)Oc2ccc(NC(=O)CCC(F)(F)F)cc2C1=O. The Morgan fingerprint density at radius 2 is 1.95 bits per heavy atom. The van der Waals surface area contributed by atoms with Crippen molar-refractivity contribution in [3.05, 3.63) is 23.8 Å². The molecular weight excluding hydrogens is 567 g/mol. The van der Waals surface area contributed by atoms with E-state index in [1.165, 1.54) is 34.5 Å². The number of anilines is 1. The van der Waals surface area contributed by atoms with Gasteiger partial charge in [-0.15, -0.1) is 0 Å². The van der Waals surface area contributed by atoms with Crippen LogP contribution in [0.1, 0.15) is 63.2 Å². The van der Waals surface area contributed by atoms with Gasteiger partial charge in [0, 0.05) is 44.8 Å². The van der Waals surface area contributed by atoms with Crippen LogP contribution in [-0.2, 0) is 19.6 Å². The Hall–Kier alpha value is -2.42. The second-order valence-corrected chi connectivity index (χ2v) is 12.8. The number of nitrogens with zero attached hydrogens (tertiary/aromatic N) is 2. The van der Waals surface area contributed by atoms with Gasteiger partial charge in [-0.25, -0.2) is 12.7 Å². The third-order valence-electron chi connectivity index (χ3n) is 6.97. The van der Waals surface area contributed by atoms with Gasteiger partial charge in [0.05, 0.1) is 43.1 Å². The minimum atomic E-state index is -4.48. The normalized spacial score (nSPS) is 22.4. The first kappa shape index (κ1) is 34.8. The van der Waals surface area contributed by atoms with E-state index in [1.807, 2.05) is 13.8 Å². The van der Waals surface area contributed by atoms with Crippen LogP contribution in [-0.4, -0.2) is 98.6 Å². The second-order valence-electron chi connectivity index (χ2n) is 10.7. The molecule has 0 aromatic heterocycles. The first-order chi connectivity index (χ1) is 19.0. The van der Waals surface area contributed by atoms with E-state index >= 15 is 0 Å². The Bertz CT molecular complexity index is 1130. The summed E-state index contributed by atoms with van der Waals surface area (Å²) in [4.78, 5) is 27.6. The summed E-state index contributed by atoms with van der Waals surface area (Å²) in [5.74, 6) is -1.50. The number of ether oxygens (including phenoxy) is 2. The fourth-order valence-corrected chi connectivity index (χ4v) is 4.75. The van der Waals surface area contributed by atoms with Gasteiger partial charge in [0.2, 0.25) is 15.9 Å². The lowest BCUT2D eigenvalue weighted by Gasteiger charge is -2.35. The summed E-state index contributed by atoms with van der Waals surface area (Å²) in [5.41, 5.74) is 0.197. The van der Waals surface area contributed by atoms with Gasteiger partial charge < -0.3 is 24.8 Å². The van der Waals surface area contributed by atoms with Crippen LogP contribution in [0.2, 0.25) is 0 Å². The molecule has 1 aromatic rings. The Labute approximate surface area is 240 Å². The summed E-state index contributed by atoms with van der Waals surface area (Å²) in [6, 6.07) is 3.66. The van der Waals surface area contributed by atoms with Crippen molar-refractivity contribution in [1.82, 2.24) is 9.21 Å². The molecule has 0 unspecified atom stereocenters. The van der Waals surface area contributed by atoms with Crippen LogP contribution >= 0.6 is 0 Å². The highest BCUT2D eigenvalue weighted by molar-refractivity contribution is 7.88. The van der Waals surface area contributed by atoms with Gasteiger partial charge >= 0.3 is 6.18 Å². The van der Waals surface area contributed by atoms with Gasteiger partial charge in [0.15, 0.2) is 0 Å². The number of carbonyl (C=O) groups excluding carboxylic acids is 2. The van der Waals surface area contributed by atoms with E-state index in [1.54, 1.807) is 6.92 Å². The maximum atomic E-state index is 14.0. The zero-order chi connectivity index (χ0) is 31.0. The molecule has 10 nitrogen and oxygen atoms in total. The molecule has 2 N–H and O–H groups in total. The van der Waals surface area contributed by atoms with Crippen LogP contribution in [0.25, 0.3) is 0 Å². The molecule has 0 aliphatic carbocycles. The Kier molecular flexibility index (Phi) is 12.9. The molecule has 0 saturated heterocycles. The van der Waals surface area contributed by atoms with E-state index in [2.05, 4.69) is 5.32 Å². The number of alkyl halides is 3. The number of halogens is 3. The standard InChI is InChI=1S/C27H42F3N3O7S/c1-18-15-33(19(2)17-34)26(36)22-14-21(31-25(35)11-12-27(28,29)30)9-10-23(22)40-20(3)8-6-7-13-39-24(18)16-32(4)41(5,37)38/h9-10,14,18-20,24,34H,6-8,11-13,15-17H2,1-5H3,(H,31,35)/t18-,19+,20-,24-/m0/s1. The molecule has 1 heterocycles. The number of hydrogen-bond acceptors (Lipinski definition) is 7. The number of fused-ring (bicyclic) bond motifs is 1. The second kappa shape index (κ2) is 15.2. The van der Waals surface area contributed by atoms with Crippen LogP contribution in [0.15, 0.2) is 18.2 Å². The van der Waals surface area contributed by atoms with E-state index < -0.39 is 53.0 Å². The summed E-state index contributed by atoms with van der Waals surface area (Å²) >= 11 is 0. The molecule has 1 aliphatic rings. The molecule has 234 valence electrons. The van der Waals surface area contributed by atoms with Gasteiger partial charge in [-0.1, -0.05) is 6.92 Å². The number of aliphatic hydroxyl groups excluding tert-OH is 1. The lowest BCUT2D eigenvalue weighted by molar-refractivity contribution is -0.142. The smallest absolute Gasteiger partial charge is 0.389 e. The summed E-state index contributed by atoms with van der Waals surface area (Å²) < 4.78 is 75.3. The predicted molar refractivity (Wildman–Crippen MR) is 148 cm³/mol. The number of hydrogen-bond donors (Lipinski definition) is 2. The lowest BCUT2D eigenvalue weighted by atomic mass is 10.0. The average Bonchev–Trinajstić information content (AvgIpc) is 2.88.